The van der Waals surface area contributed by atoms with Gasteiger partial charge in [0.15, 0.2) is 6.10 Å². The van der Waals surface area contributed by atoms with Crippen molar-refractivity contribution in [3.8, 4) is 0 Å². The van der Waals surface area contributed by atoms with Gasteiger partial charge in [0.2, 0.25) is 0 Å². The van der Waals surface area contributed by atoms with Crippen molar-refractivity contribution in [3.05, 3.63) is 29.8 Å². The van der Waals surface area contributed by atoms with Gasteiger partial charge in [0.25, 0.3) is 0 Å². The van der Waals surface area contributed by atoms with Gasteiger partial charge in [-0.3, -0.25) is 0 Å². The molecule has 0 radical (unpaired) electrons. The molecule has 23 heavy (non-hydrogen) atoms. The Hall–Kier alpha value is -1.96. The van der Waals surface area contributed by atoms with Crippen LogP contribution in [0.25, 0.3) is 0 Å². The van der Waals surface area contributed by atoms with Gasteiger partial charge in [0, 0.05) is 32.9 Å². The van der Waals surface area contributed by atoms with Gasteiger partial charge in [0.05, 0.1) is 0 Å². The maximum atomic E-state index is 12.1. The predicted molar refractivity (Wildman–Crippen MR) is 82.6 cm³/mol. The lowest BCUT2D eigenvalue weighted by atomic mass is 10.1. The Morgan fingerprint density at radius 1 is 1.17 bits per heavy atom. The van der Waals surface area contributed by atoms with Gasteiger partial charge in [-0.15, -0.1) is 0 Å². The highest BCUT2D eigenvalue weighted by molar-refractivity contribution is 5.73. The fourth-order valence-corrected chi connectivity index (χ4v) is 1.83. The molecule has 0 heterocycles. The molecular formula is C15H22F3N3O2. The summed E-state index contributed by atoms with van der Waals surface area (Å²) in [6.45, 7) is 0.124. The van der Waals surface area contributed by atoms with Crippen molar-refractivity contribution in [1.82, 2.24) is 10.6 Å². The van der Waals surface area contributed by atoms with Crippen molar-refractivity contribution in [3.63, 3.8) is 0 Å². The summed E-state index contributed by atoms with van der Waals surface area (Å²) in [6.07, 6.45) is -7.02. The summed E-state index contributed by atoms with van der Waals surface area (Å²) >= 11 is 0. The molecule has 0 aliphatic carbocycles. The zero-order chi connectivity index (χ0) is 17.5. The van der Waals surface area contributed by atoms with Gasteiger partial charge in [-0.2, -0.15) is 13.2 Å². The zero-order valence-corrected chi connectivity index (χ0v) is 13.2. The van der Waals surface area contributed by atoms with Gasteiger partial charge in [-0.1, -0.05) is 12.1 Å². The molecule has 0 spiro atoms. The van der Waals surface area contributed by atoms with E-state index in [4.69, 9.17) is 5.11 Å². The van der Waals surface area contributed by atoms with E-state index >= 15 is 0 Å². The number of carbonyl (C=O) groups is 1. The Morgan fingerprint density at radius 2 is 1.74 bits per heavy atom. The molecule has 0 fully saturated rings. The average molecular weight is 333 g/mol. The Balaban J connectivity index is 2.21. The normalized spacial score (nSPS) is 12.6. The predicted octanol–water partition coefficient (Wildman–Crippen LogP) is 1.91. The smallest absolute Gasteiger partial charge is 0.384 e. The molecule has 0 saturated heterocycles. The Bertz CT molecular complexity index is 490. The topological polar surface area (TPSA) is 64.6 Å². The first-order valence-corrected chi connectivity index (χ1v) is 7.23. The number of aliphatic hydroxyl groups is 1. The van der Waals surface area contributed by atoms with Crippen molar-refractivity contribution < 1.29 is 23.1 Å². The molecule has 0 aliphatic rings. The quantitative estimate of drug-likeness (QED) is 0.714. The Morgan fingerprint density at radius 3 is 2.26 bits per heavy atom. The van der Waals surface area contributed by atoms with Crippen LogP contribution >= 0.6 is 0 Å². The van der Waals surface area contributed by atoms with Gasteiger partial charge in [-0.25, -0.2) is 4.79 Å². The molecule has 1 atom stereocenters. The molecule has 0 aliphatic heterocycles. The van der Waals surface area contributed by atoms with Crippen LogP contribution in [-0.2, 0) is 6.42 Å². The molecular weight excluding hydrogens is 311 g/mol. The maximum absolute atomic E-state index is 12.1. The summed E-state index contributed by atoms with van der Waals surface area (Å²) < 4.78 is 36.2. The van der Waals surface area contributed by atoms with E-state index in [2.05, 4.69) is 10.6 Å². The van der Waals surface area contributed by atoms with Crippen LogP contribution in [0.1, 0.15) is 12.0 Å². The molecule has 5 nitrogen and oxygen atoms in total. The lowest BCUT2D eigenvalue weighted by molar-refractivity contribution is -0.204. The number of carbonyl (C=O) groups excluding carboxylic acids is 1. The summed E-state index contributed by atoms with van der Waals surface area (Å²) in [5, 5.41) is 13.6. The minimum absolute atomic E-state index is 0.246. The van der Waals surface area contributed by atoms with E-state index in [1.54, 1.807) is 0 Å². The molecule has 0 aromatic heterocycles. The SMILES string of the molecule is CN(C)c1ccc(CCNC(=O)NCC[C@H](O)C(F)(F)F)cc1. The number of alkyl halides is 3. The number of benzene rings is 1. The minimum Gasteiger partial charge on any atom is -0.384 e. The number of nitrogens with one attached hydrogen (secondary N) is 2. The third-order valence-electron chi connectivity index (χ3n) is 3.23. The van der Waals surface area contributed by atoms with Crippen LogP contribution < -0.4 is 15.5 Å². The largest absolute Gasteiger partial charge is 0.414 e. The zero-order valence-electron chi connectivity index (χ0n) is 13.2. The van der Waals surface area contributed by atoms with Crippen LogP contribution in [0.5, 0.6) is 0 Å². The minimum atomic E-state index is -4.66. The van der Waals surface area contributed by atoms with E-state index in [-0.39, 0.29) is 6.54 Å². The molecule has 130 valence electrons. The number of urea groups is 1. The van der Waals surface area contributed by atoms with Crippen molar-refractivity contribution in [2.45, 2.75) is 25.1 Å². The van der Waals surface area contributed by atoms with Crippen LogP contribution in [0.3, 0.4) is 0 Å². The first-order valence-electron chi connectivity index (χ1n) is 7.23. The second-order valence-corrected chi connectivity index (χ2v) is 5.34. The van der Waals surface area contributed by atoms with Gasteiger partial charge < -0.3 is 20.6 Å². The van der Waals surface area contributed by atoms with Crippen LogP contribution in [0.2, 0.25) is 0 Å². The number of hydrogen-bond acceptors (Lipinski definition) is 3. The third kappa shape index (κ3) is 7.23. The van der Waals surface area contributed by atoms with Gasteiger partial charge in [-0.05, 0) is 30.5 Å². The third-order valence-corrected chi connectivity index (χ3v) is 3.23. The van der Waals surface area contributed by atoms with E-state index in [1.807, 2.05) is 43.3 Å². The molecule has 0 saturated carbocycles. The van der Waals surface area contributed by atoms with E-state index in [0.29, 0.717) is 13.0 Å². The van der Waals surface area contributed by atoms with Crippen LogP contribution in [-0.4, -0.2) is 50.6 Å². The molecule has 1 aromatic carbocycles. The standard InChI is InChI=1S/C15H22F3N3O2/c1-21(2)12-5-3-11(4-6-12)7-9-19-14(23)20-10-8-13(22)15(16,17)18/h3-6,13,22H,7-10H2,1-2H3,(H2,19,20,23)/t13-/m0/s1. The first kappa shape index (κ1) is 19.1. The second kappa shape index (κ2) is 8.61. The van der Waals surface area contributed by atoms with Crippen LogP contribution in [0, 0.1) is 0 Å². The summed E-state index contributed by atoms with van der Waals surface area (Å²) in [4.78, 5) is 13.4. The Labute approximate surface area is 133 Å². The maximum Gasteiger partial charge on any atom is 0.414 e. The summed E-state index contributed by atoms with van der Waals surface area (Å²) in [5.74, 6) is 0. The molecule has 8 heteroatoms. The fraction of sp³-hybridized carbons (Fsp3) is 0.533. The van der Waals surface area contributed by atoms with Crippen LogP contribution in [0.15, 0.2) is 24.3 Å². The molecule has 0 unspecified atom stereocenters. The highest BCUT2D eigenvalue weighted by Gasteiger charge is 2.37. The van der Waals surface area contributed by atoms with E-state index < -0.39 is 24.7 Å². The monoisotopic (exact) mass is 333 g/mol. The number of nitrogens with zero attached hydrogens (tertiary/aromatic N) is 1. The lowest BCUT2D eigenvalue weighted by Crippen LogP contribution is -2.39. The fourth-order valence-electron chi connectivity index (χ4n) is 1.83. The number of aliphatic hydroxyl groups excluding tert-OH is 1. The summed E-state index contributed by atoms with van der Waals surface area (Å²) in [5.41, 5.74) is 2.12. The van der Waals surface area contributed by atoms with E-state index in [9.17, 15) is 18.0 Å². The number of hydrogen-bond donors (Lipinski definition) is 3. The van der Waals surface area contributed by atoms with E-state index in [0.717, 1.165) is 11.3 Å². The summed E-state index contributed by atoms with van der Waals surface area (Å²) in [6, 6.07) is 7.29. The number of halogens is 3. The van der Waals surface area contributed by atoms with Crippen molar-refractivity contribution >= 4 is 11.7 Å². The van der Waals surface area contributed by atoms with Crippen molar-refractivity contribution in [2.24, 2.45) is 0 Å². The van der Waals surface area contributed by atoms with Crippen molar-refractivity contribution in [1.29, 1.82) is 0 Å². The number of rotatable bonds is 7. The molecule has 0 bridgehead atoms. The van der Waals surface area contributed by atoms with Crippen LogP contribution in [0.4, 0.5) is 23.7 Å². The number of amides is 2. The van der Waals surface area contributed by atoms with Gasteiger partial charge >= 0.3 is 12.2 Å². The summed E-state index contributed by atoms with van der Waals surface area (Å²) in [7, 11) is 3.88. The number of anilines is 1. The molecule has 1 aromatic rings. The average Bonchev–Trinajstić information content (AvgIpc) is 2.46. The highest BCUT2D eigenvalue weighted by Crippen LogP contribution is 2.21. The van der Waals surface area contributed by atoms with Crippen molar-refractivity contribution in [2.75, 3.05) is 32.1 Å². The molecule has 2 amide bonds. The molecule has 3 N–H and O–H groups in total. The first-order chi connectivity index (χ1) is 10.7. The second-order valence-electron chi connectivity index (χ2n) is 5.34. The Kier molecular flexibility index (Phi) is 7.15. The van der Waals surface area contributed by atoms with Gasteiger partial charge in [0.1, 0.15) is 0 Å². The lowest BCUT2D eigenvalue weighted by Gasteiger charge is -2.15. The highest BCUT2D eigenvalue weighted by atomic mass is 19.4. The van der Waals surface area contributed by atoms with E-state index in [1.165, 1.54) is 0 Å². The molecule has 1 rings (SSSR count).